The van der Waals surface area contributed by atoms with E-state index in [2.05, 4.69) is 31.3 Å². The summed E-state index contributed by atoms with van der Waals surface area (Å²) in [6.45, 7) is 6.25. The van der Waals surface area contributed by atoms with E-state index < -0.39 is 0 Å². The predicted molar refractivity (Wildman–Crippen MR) is 57.8 cm³/mol. The molecule has 0 aliphatic heterocycles. The van der Waals surface area contributed by atoms with Gasteiger partial charge in [0.1, 0.15) is 0 Å². The standard InChI is InChI=1S/C10H20N4/c1-7(12-11)5-6-10-8(2)13-14(4)9(10)3/h7,12H,5-6,11H2,1-4H3. The average molecular weight is 196 g/mol. The van der Waals surface area contributed by atoms with Crippen molar-refractivity contribution in [2.24, 2.45) is 12.9 Å². The molecule has 0 saturated heterocycles. The molecule has 1 unspecified atom stereocenters. The average Bonchev–Trinajstić information content (AvgIpc) is 2.39. The van der Waals surface area contributed by atoms with E-state index in [-0.39, 0.29) is 0 Å². The molecule has 1 atom stereocenters. The summed E-state index contributed by atoms with van der Waals surface area (Å²) < 4.78 is 1.94. The Morgan fingerprint density at radius 3 is 2.57 bits per heavy atom. The Kier molecular flexibility index (Phi) is 3.66. The van der Waals surface area contributed by atoms with Crippen molar-refractivity contribution in [3.63, 3.8) is 0 Å². The normalized spacial score (nSPS) is 13.2. The minimum Gasteiger partial charge on any atom is -0.272 e. The van der Waals surface area contributed by atoms with Gasteiger partial charge in [0.05, 0.1) is 5.69 Å². The summed E-state index contributed by atoms with van der Waals surface area (Å²) in [5.74, 6) is 5.35. The predicted octanol–water partition coefficient (Wildman–Crippen LogP) is 0.821. The first kappa shape index (κ1) is 11.2. The van der Waals surface area contributed by atoms with E-state index in [1.807, 2.05) is 11.7 Å². The fraction of sp³-hybridized carbons (Fsp3) is 0.700. The fourth-order valence-corrected chi connectivity index (χ4v) is 1.62. The summed E-state index contributed by atoms with van der Waals surface area (Å²) in [6.07, 6.45) is 2.08. The van der Waals surface area contributed by atoms with E-state index in [4.69, 9.17) is 5.84 Å². The first-order valence-electron chi connectivity index (χ1n) is 5.01. The Labute approximate surface area is 85.5 Å². The molecule has 1 aromatic rings. The van der Waals surface area contributed by atoms with Crippen molar-refractivity contribution < 1.29 is 0 Å². The van der Waals surface area contributed by atoms with Crippen LogP contribution in [0, 0.1) is 13.8 Å². The van der Waals surface area contributed by atoms with Gasteiger partial charge in [-0.25, -0.2) is 0 Å². The van der Waals surface area contributed by atoms with Crippen LogP contribution in [0.15, 0.2) is 0 Å². The number of rotatable bonds is 4. The molecule has 0 aliphatic carbocycles. The number of hydrazine groups is 1. The van der Waals surface area contributed by atoms with Crippen molar-refractivity contribution in [3.05, 3.63) is 17.0 Å². The lowest BCUT2D eigenvalue weighted by Crippen LogP contribution is -2.32. The number of aryl methyl sites for hydroxylation is 2. The zero-order valence-corrected chi connectivity index (χ0v) is 9.46. The summed E-state index contributed by atoms with van der Waals surface area (Å²) >= 11 is 0. The van der Waals surface area contributed by atoms with Crippen molar-refractivity contribution in [2.45, 2.75) is 39.7 Å². The minimum atomic E-state index is 0.356. The van der Waals surface area contributed by atoms with Crippen LogP contribution in [0.25, 0.3) is 0 Å². The van der Waals surface area contributed by atoms with E-state index in [0.717, 1.165) is 18.5 Å². The molecular formula is C10H20N4. The van der Waals surface area contributed by atoms with Crippen LogP contribution in [-0.4, -0.2) is 15.8 Å². The van der Waals surface area contributed by atoms with Gasteiger partial charge in [0.25, 0.3) is 0 Å². The molecule has 3 N–H and O–H groups in total. The number of aromatic nitrogens is 2. The molecule has 4 nitrogen and oxygen atoms in total. The quantitative estimate of drug-likeness (QED) is 0.554. The molecule has 0 amide bonds. The van der Waals surface area contributed by atoms with Crippen LogP contribution < -0.4 is 11.3 Å². The molecule has 1 heterocycles. The zero-order chi connectivity index (χ0) is 10.7. The largest absolute Gasteiger partial charge is 0.272 e. The second kappa shape index (κ2) is 4.57. The molecule has 1 rings (SSSR count). The van der Waals surface area contributed by atoms with Crippen molar-refractivity contribution in [1.82, 2.24) is 15.2 Å². The van der Waals surface area contributed by atoms with E-state index >= 15 is 0 Å². The van der Waals surface area contributed by atoms with Gasteiger partial charge in [0.2, 0.25) is 0 Å². The van der Waals surface area contributed by atoms with Crippen LogP contribution in [0.2, 0.25) is 0 Å². The first-order chi connectivity index (χ1) is 6.56. The maximum atomic E-state index is 5.35. The van der Waals surface area contributed by atoms with Crippen molar-refractivity contribution in [2.75, 3.05) is 0 Å². The summed E-state index contributed by atoms with van der Waals surface area (Å²) in [7, 11) is 1.98. The maximum absolute atomic E-state index is 5.35. The Morgan fingerprint density at radius 1 is 1.50 bits per heavy atom. The number of nitrogens with one attached hydrogen (secondary N) is 1. The molecule has 80 valence electrons. The lowest BCUT2D eigenvalue weighted by molar-refractivity contribution is 0.531. The van der Waals surface area contributed by atoms with Crippen LogP contribution in [0.4, 0.5) is 0 Å². The Morgan fingerprint density at radius 2 is 2.14 bits per heavy atom. The molecule has 0 aromatic carbocycles. The van der Waals surface area contributed by atoms with Gasteiger partial charge in [-0.2, -0.15) is 5.10 Å². The molecule has 4 heteroatoms. The topological polar surface area (TPSA) is 55.9 Å². The number of nitrogens with two attached hydrogens (primary N) is 1. The SMILES string of the molecule is Cc1nn(C)c(C)c1CCC(C)NN. The highest BCUT2D eigenvalue weighted by Gasteiger charge is 2.09. The molecule has 14 heavy (non-hydrogen) atoms. The Balaban J connectivity index is 2.67. The zero-order valence-electron chi connectivity index (χ0n) is 9.46. The molecule has 0 spiro atoms. The molecule has 0 bridgehead atoms. The second-order valence-electron chi connectivity index (χ2n) is 3.88. The second-order valence-corrected chi connectivity index (χ2v) is 3.88. The monoisotopic (exact) mass is 196 g/mol. The Bertz CT molecular complexity index is 303. The highest BCUT2D eigenvalue weighted by Crippen LogP contribution is 2.14. The molecule has 0 fully saturated rings. The molecule has 1 aromatic heterocycles. The maximum Gasteiger partial charge on any atom is 0.0628 e. The first-order valence-corrected chi connectivity index (χ1v) is 5.01. The van der Waals surface area contributed by atoms with Crippen LogP contribution in [0.1, 0.15) is 30.3 Å². The summed E-state index contributed by atoms with van der Waals surface area (Å²) in [5, 5.41) is 4.38. The number of hydrogen-bond acceptors (Lipinski definition) is 3. The summed E-state index contributed by atoms with van der Waals surface area (Å²) in [4.78, 5) is 0. The van der Waals surface area contributed by atoms with Gasteiger partial charge in [-0.05, 0) is 39.2 Å². The van der Waals surface area contributed by atoms with Gasteiger partial charge in [-0.3, -0.25) is 16.0 Å². The third-order valence-corrected chi connectivity index (χ3v) is 2.77. The Hall–Kier alpha value is -0.870. The van der Waals surface area contributed by atoms with E-state index in [1.54, 1.807) is 0 Å². The highest BCUT2D eigenvalue weighted by atomic mass is 15.3. The van der Waals surface area contributed by atoms with Crippen molar-refractivity contribution in [1.29, 1.82) is 0 Å². The van der Waals surface area contributed by atoms with Gasteiger partial charge < -0.3 is 0 Å². The third-order valence-electron chi connectivity index (χ3n) is 2.77. The van der Waals surface area contributed by atoms with Crippen LogP contribution in [-0.2, 0) is 13.5 Å². The van der Waals surface area contributed by atoms with E-state index in [0.29, 0.717) is 6.04 Å². The van der Waals surface area contributed by atoms with Gasteiger partial charge in [-0.1, -0.05) is 0 Å². The summed E-state index contributed by atoms with van der Waals surface area (Å²) in [5.41, 5.74) is 6.50. The lowest BCUT2D eigenvalue weighted by Gasteiger charge is -2.09. The fourth-order valence-electron chi connectivity index (χ4n) is 1.62. The lowest BCUT2D eigenvalue weighted by atomic mass is 10.1. The third kappa shape index (κ3) is 2.33. The van der Waals surface area contributed by atoms with Crippen molar-refractivity contribution in [3.8, 4) is 0 Å². The van der Waals surface area contributed by atoms with E-state index in [1.165, 1.54) is 11.3 Å². The summed E-state index contributed by atoms with van der Waals surface area (Å²) in [6, 6.07) is 0.356. The van der Waals surface area contributed by atoms with Crippen LogP contribution in [0.3, 0.4) is 0 Å². The van der Waals surface area contributed by atoms with Crippen LogP contribution in [0.5, 0.6) is 0 Å². The van der Waals surface area contributed by atoms with Gasteiger partial charge >= 0.3 is 0 Å². The van der Waals surface area contributed by atoms with E-state index in [9.17, 15) is 0 Å². The molecule has 0 aliphatic rings. The smallest absolute Gasteiger partial charge is 0.0628 e. The van der Waals surface area contributed by atoms with Crippen molar-refractivity contribution >= 4 is 0 Å². The van der Waals surface area contributed by atoms with Gasteiger partial charge in [0, 0.05) is 18.8 Å². The number of hydrogen-bond donors (Lipinski definition) is 2. The minimum absolute atomic E-state index is 0.356. The highest BCUT2D eigenvalue weighted by molar-refractivity contribution is 5.24. The molecule has 0 saturated carbocycles. The van der Waals surface area contributed by atoms with Gasteiger partial charge in [0.15, 0.2) is 0 Å². The van der Waals surface area contributed by atoms with Gasteiger partial charge in [-0.15, -0.1) is 0 Å². The molecule has 0 radical (unpaired) electrons. The molecular weight excluding hydrogens is 176 g/mol. The van der Waals surface area contributed by atoms with Crippen LogP contribution >= 0.6 is 0 Å². The number of nitrogens with zero attached hydrogens (tertiary/aromatic N) is 2.